The van der Waals surface area contributed by atoms with Crippen LogP contribution in [0.25, 0.3) is 23.0 Å². The third-order valence-corrected chi connectivity index (χ3v) is 10.3. The molecule has 41 heavy (non-hydrogen) atoms. The highest BCUT2D eigenvalue weighted by Gasteiger charge is 2.32. The molecule has 0 N–H and O–H groups in total. The van der Waals surface area contributed by atoms with Gasteiger partial charge in [-0.2, -0.15) is 14.4 Å². The molecule has 0 radical (unpaired) electrons. The summed E-state index contributed by atoms with van der Waals surface area (Å²) in [6.07, 6.45) is 6.57. The second-order valence-corrected chi connectivity index (χ2v) is 13.6. The summed E-state index contributed by atoms with van der Waals surface area (Å²) in [4.78, 5) is 20.2. The standard InChI is InChI=1S/C30H33N5O4S2/c1-21-18-33(19-22(2)39-21)30-31-29(36)27(40-30)17-24-20-35(25-11-5-3-6-12-25)32-28(24)23-10-9-13-26(16-23)41(37,38)34-14-7-4-8-15-34/h3,5-6,9-13,16-17,20-22H,4,7-8,14-15,18-19H2,1-2H3. The predicted molar refractivity (Wildman–Crippen MR) is 161 cm³/mol. The van der Waals surface area contributed by atoms with Crippen molar-refractivity contribution in [3.05, 3.63) is 71.3 Å². The van der Waals surface area contributed by atoms with E-state index >= 15 is 0 Å². The second kappa shape index (κ2) is 11.6. The summed E-state index contributed by atoms with van der Waals surface area (Å²) in [7, 11) is -3.62. The van der Waals surface area contributed by atoms with Gasteiger partial charge in [0, 0.05) is 43.5 Å². The Labute approximate surface area is 244 Å². The van der Waals surface area contributed by atoms with Crippen molar-refractivity contribution in [3.8, 4) is 16.9 Å². The van der Waals surface area contributed by atoms with E-state index in [4.69, 9.17) is 9.84 Å². The number of nitrogens with zero attached hydrogens (tertiary/aromatic N) is 5. The maximum absolute atomic E-state index is 13.4. The van der Waals surface area contributed by atoms with Gasteiger partial charge in [-0.25, -0.2) is 13.1 Å². The van der Waals surface area contributed by atoms with Crippen LogP contribution in [0, 0.1) is 0 Å². The van der Waals surface area contributed by atoms with E-state index in [9.17, 15) is 13.2 Å². The number of para-hydroxylation sites is 1. The van der Waals surface area contributed by atoms with Crippen LogP contribution in [0.4, 0.5) is 0 Å². The fraction of sp³-hybridized carbons (Fsp3) is 0.367. The van der Waals surface area contributed by atoms with E-state index in [-0.39, 0.29) is 23.0 Å². The van der Waals surface area contributed by atoms with Gasteiger partial charge < -0.3 is 9.64 Å². The molecule has 0 aliphatic carbocycles. The number of amides is 1. The number of piperidine rings is 1. The zero-order chi connectivity index (χ0) is 28.6. The summed E-state index contributed by atoms with van der Waals surface area (Å²) >= 11 is 1.35. The van der Waals surface area contributed by atoms with Crippen LogP contribution in [-0.2, 0) is 19.6 Å². The molecule has 3 aliphatic heterocycles. The largest absolute Gasteiger partial charge is 0.372 e. The molecular formula is C30H33N5O4S2. The predicted octanol–water partition coefficient (Wildman–Crippen LogP) is 4.79. The van der Waals surface area contributed by atoms with Crippen molar-refractivity contribution in [1.29, 1.82) is 0 Å². The maximum Gasteiger partial charge on any atom is 0.286 e. The van der Waals surface area contributed by atoms with Crippen LogP contribution in [0.1, 0.15) is 38.7 Å². The van der Waals surface area contributed by atoms with Gasteiger partial charge in [-0.05, 0) is 68.8 Å². The first-order valence-electron chi connectivity index (χ1n) is 14.0. The van der Waals surface area contributed by atoms with Gasteiger partial charge in [0.1, 0.15) is 5.69 Å². The molecule has 4 heterocycles. The van der Waals surface area contributed by atoms with E-state index in [1.807, 2.05) is 62.5 Å². The van der Waals surface area contributed by atoms with Gasteiger partial charge in [-0.15, -0.1) is 0 Å². The third kappa shape index (κ3) is 5.90. The molecule has 1 amide bonds. The first kappa shape index (κ1) is 27.9. The number of benzene rings is 2. The molecule has 2 atom stereocenters. The lowest BCUT2D eigenvalue weighted by Gasteiger charge is -2.35. The molecule has 1 aromatic heterocycles. The zero-order valence-corrected chi connectivity index (χ0v) is 24.8. The number of hydrogen-bond acceptors (Lipinski definition) is 7. The van der Waals surface area contributed by atoms with Gasteiger partial charge in [0.25, 0.3) is 5.91 Å². The number of thioether (sulfide) groups is 1. The topological polar surface area (TPSA) is 97.1 Å². The van der Waals surface area contributed by atoms with Gasteiger partial charge in [0.05, 0.1) is 27.7 Å². The van der Waals surface area contributed by atoms with Gasteiger partial charge >= 0.3 is 0 Å². The monoisotopic (exact) mass is 591 g/mol. The number of aliphatic imine (C=N–C) groups is 1. The van der Waals surface area contributed by atoms with Crippen molar-refractivity contribution in [2.24, 2.45) is 4.99 Å². The molecule has 0 spiro atoms. The summed E-state index contributed by atoms with van der Waals surface area (Å²) in [5.74, 6) is -0.295. The van der Waals surface area contributed by atoms with Crippen LogP contribution >= 0.6 is 11.8 Å². The highest BCUT2D eigenvalue weighted by atomic mass is 32.2. The Hall–Kier alpha value is -3.25. The molecule has 2 saturated heterocycles. The molecule has 6 rings (SSSR count). The maximum atomic E-state index is 13.4. The van der Waals surface area contributed by atoms with Gasteiger partial charge in [-0.3, -0.25) is 4.79 Å². The van der Waals surface area contributed by atoms with Crippen molar-refractivity contribution in [2.45, 2.75) is 50.2 Å². The molecule has 3 aliphatic rings. The first-order valence-corrected chi connectivity index (χ1v) is 16.2. The normalized spacial score (nSPS) is 23.3. The van der Waals surface area contributed by atoms with Crippen molar-refractivity contribution in [3.63, 3.8) is 0 Å². The number of aromatic nitrogens is 2. The summed E-state index contributed by atoms with van der Waals surface area (Å²) in [6.45, 7) is 6.46. The number of carbonyl (C=O) groups excluding carboxylic acids is 1. The Bertz CT molecular complexity index is 1600. The SMILES string of the molecule is CC1CN(C2=NC(=O)C(=Cc3cn(-c4ccccc4)nc3-c3cccc(S(=O)(=O)N4CCCCC4)c3)S2)CC(C)O1. The van der Waals surface area contributed by atoms with Crippen LogP contribution < -0.4 is 0 Å². The quantitative estimate of drug-likeness (QED) is 0.394. The highest BCUT2D eigenvalue weighted by Crippen LogP contribution is 2.35. The molecule has 9 nitrogen and oxygen atoms in total. The molecule has 214 valence electrons. The second-order valence-electron chi connectivity index (χ2n) is 10.7. The molecule has 2 unspecified atom stereocenters. The minimum absolute atomic E-state index is 0.0504. The van der Waals surface area contributed by atoms with Crippen LogP contribution in [0.5, 0.6) is 0 Å². The fourth-order valence-electron chi connectivity index (χ4n) is 5.50. The van der Waals surface area contributed by atoms with Crippen molar-refractivity contribution < 1.29 is 17.9 Å². The summed E-state index contributed by atoms with van der Waals surface area (Å²) in [6, 6.07) is 16.6. The Morgan fingerprint density at radius 1 is 0.976 bits per heavy atom. The van der Waals surface area contributed by atoms with E-state index < -0.39 is 10.0 Å². The summed E-state index contributed by atoms with van der Waals surface area (Å²) in [5.41, 5.74) is 2.82. The van der Waals surface area contributed by atoms with Crippen LogP contribution in [0.15, 0.2) is 75.6 Å². The third-order valence-electron chi connectivity index (χ3n) is 7.41. The van der Waals surface area contributed by atoms with Gasteiger partial charge in [0.15, 0.2) is 5.17 Å². The Morgan fingerprint density at radius 2 is 1.71 bits per heavy atom. The number of morpholine rings is 1. The number of carbonyl (C=O) groups is 1. The Kier molecular flexibility index (Phi) is 7.86. The van der Waals surface area contributed by atoms with Crippen molar-refractivity contribution >= 4 is 38.9 Å². The molecule has 0 bridgehead atoms. The van der Waals surface area contributed by atoms with Crippen LogP contribution in [0.2, 0.25) is 0 Å². The van der Waals surface area contributed by atoms with Crippen LogP contribution in [-0.4, -0.2) is 76.9 Å². The highest BCUT2D eigenvalue weighted by molar-refractivity contribution is 8.18. The lowest BCUT2D eigenvalue weighted by Crippen LogP contribution is -2.47. The summed E-state index contributed by atoms with van der Waals surface area (Å²) in [5, 5.41) is 5.54. The van der Waals surface area contributed by atoms with E-state index in [1.165, 1.54) is 11.8 Å². The van der Waals surface area contributed by atoms with Crippen LogP contribution in [0.3, 0.4) is 0 Å². The number of sulfonamides is 1. The first-order chi connectivity index (χ1) is 19.8. The molecule has 2 aromatic carbocycles. The minimum Gasteiger partial charge on any atom is -0.372 e. The molecule has 2 fully saturated rings. The Balaban J connectivity index is 1.36. The number of ether oxygens (including phenoxy) is 1. The number of hydrogen-bond donors (Lipinski definition) is 0. The van der Waals surface area contributed by atoms with E-state index in [0.29, 0.717) is 53.1 Å². The molecular weight excluding hydrogens is 558 g/mol. The van der Waals surface area contributed by atoms with E-state index in [1.54, 1.807) is 27.2 Å². The zero-order valence-electron chi connectivity index (χ0n) is 23.1. The smallest absolute Gasteiger partial charge is 0.286 e. The molecule has 0 saturated carbocycles. The van der Waals surface area contributed by atoms with Gasteiger partial charge in [-0.1, -0.05) is 36.8 Å². The number of rotatable bonds is 5. The minimum atomic E-state index is -3.62. The lowest BCUT2D eigenvalue weighted by molar-refractivity contribution is -0.113. The van der Waals surface area contributed by atoms with E-state index in [0.717, 1.165) is 24.9 Å². The number of amidine groups is 1. The van der Waals surface area contributed by atoms with Crippen molar-refractivity contribution in [2.75, 3.05) is 26.2 Å². The molecule has 3 aromatic rings. The average molecular weight is 592 g/mol. The fourth-order valence-corrected chi connectivity index (χ4v) is 7.98. The van der Waals surface area contributed by atoms with E-state index in [2.05, 4.69) is 9.89 Å². The van der Waals surface area contributed by atoms with Crippen molar-refractivity contribution in [1.82, 2.24) is 19.0 Å². The van der Waals surface area contributed by atoms with Gasteiger partial charge in [0.2, 0.25) is 10.0 Å². The summed E-state index contributed by atoms with van der Waals surface area (Å²) < 4.78 is 36.1. The Morgan fingerprint density at radius 3 is 2.44 bits per heavy atom. The molecule has 11 heteroatoms. The lowest BCUT2D eigenvalue weighted by atomic mass is 10.1. The average Bonchev–Trinajstić information content (AvgIpc) is 3.57.